The van der Waals surface area contributed by atoms with Crippen LogP contribution in [0.3, 0.4) is 0 Å². The van der Waals surface area contributed by atoms with Crippen LogP contribution in [0, 0.1) is 26.2 Å². The molecule has 0 spiro atoms. The zero-order valence-corrected chi connectivity index (χ0v) is 12.0. The van der Waals surface area contributed by atoms with Gasteiger partial charge in [-0.15, -0.1) is 12.3 Å². The summed E-state index contributed by atoms with van der Waals surface area (Å²) in [6.07, 6.45) is 4.60. The highest BCUT2D eigenvalue weighted by Crippen LogP contribution is 2.21. The molecule has 0 bridgehead atoms. The summed E-state index contributed by atoms with van der Waals surface area (Å²) in [5.74, 6) is 1.75. The van der Waals surface area contributed by atoms with Crippen molar-refractivity contribution in [2.75, 3.05) is 12.4 Å². The molecule has 1 rings (SSSR count). The van der Waals surface area contributed by atoms with Gasteiger partial charge in [0, 0.05) is 12.6 Å². The van der Waals surface area contributed by atoms with E-state index in [1.165, 1.54) is 14.0 Å². The van der Waals surface area contributed by atoms with Crippen LogP contribution < -0.4 is 5.32 Å². The van der Waals surface area contributed by atoms with Crippen LogP contribution in [-0.4, -0.2) is 19.0 Å². The average molecular weight is 261 g/mol. The number of rotatable bonds is 2. The summed E-state index contributed by atoms with van der Waals surface area (Å²) in [5.41, 5.74) is 2.86. The Balaban J connectivity index is 0.000000982. The van der Waals surface area contributed by atoms with Gasteiger partial charge in [-0.1, -0.05) is 0 Å². The van der Waals surface area contributed by atoms with E-state index in [2.05, 4.69) is 22.4 Å². The number of aryl methyl sites for hydroxylation is 2. The Labute approximate surface area is 114 Å². The fourth-order valence-corrected chi connectivity index (χ4v) is 1.47. The van der Waals surface area contributed by atoms with E-state index in [0.717, 1.165) is 16.8 Å². The van der Waals surface area contributed by atoms with Crippen molar-refractivity contribution in [1.29, 1.82) is 0 Å². The number of hydrogen-bond acceptors (Lipinski definition) is 3. The molecule has 0 aliphatic rings. The second kappa shape index (κ2) is 7.93. The Hall–Kier alpha value is -2.28. The first-order valence-electron chi connectivity index (χ1n) is 5.71. The molecule has 0 atom stereocenters. The summed E-state index contributed by atoms with van der Waals surface area (Å²) in [4.78, 5) is 22.4. The summed E-state index contributed by atoms with van der Waals surface area (Å²) >= 11 is 0. The Kier molecular flexibility index (Phi) is 6.98. The fraction of sp³-hybridized carbons (Fsp3) is 0.333. The van der Waals surface area contributed by atoms with Gasteiger partial charge >= 0.3 is 5.97 Å². The van der Waals surface area contributed by atoms with E-state index < -0.39 is 0 Å². The van der Waals surface area contributed by atoms with Gasteiger partial charge in [-0.3, -0.25) is 4.79 Å². The molecule has 4 nitrogen and oxygen atoms in total. The van der Waals surface area contributed by atoms with Crippen LogP contribution in [0.25, 0.3) is 0 Å². The van der Waals surface area contributed by atoms with Crippen LogP contribution >= 0.6 is 0 Å². The Morgan fingerprint density at radius 1 is 1.26 bits per heavy atom. The van der Waals surface area contributed by atoms with Crippen molar-refractivity contribution in [3.8, 4) is 12.3 Å². The number of terminal acetylenes is 1. The minimum atomic E-state index is -0.366. The normalized spacial score (nSPS) is 8.63. The van der Waals surface area contributed by atoms with Gasteiger partial charge in [0.25, 0.3) is 0 Å². The predicted octanol–water partition coefficient (Wildman–Crippen LogP) is 2.69. The SMILES string of the molecule is C#CC.COC(=O)c1cc(C)c(NC(C)=O)cc1C. The molecule has 1 amide bonds. The third kappa shape index (κ3) is 5.26. The van der Waals surface area contributed by atoms with Crippen molar-refractivity contribution in [2.45, 2.75) is 27.7 Å². The van der Waals surface area contributed by atoms with E-state index in [1.54, 1.807) is 26.0 Å². The summed E-state index contributed by atoms with van der Waals surface area (Å²) < 4.78 is 4.67. The Bertz CT molecular complexity index is 513. The second-order valence-electron chi connectivity index (χ2n) is 3.94. The molecule has 0 aliphatic carbocycles. The molecule has 1 aromatic carbocycles. The van der Waals surface area contributed by atoms with Crippen molar-refractivity contribution in [1.82, 2.24) is 0 Å². The zero-order chi connectivity index (χ0) is 15.0. The van der Waals surface area contributed by atoms with Crippen LogP contribution in [0.2, 0.25) is 0 Å². The fourth-order valence-electron chi connectivity index (χ4n) is 1.47. The summed E-state index contributed by atoms with van der Waals surface area (Å²) in [7, 11) is 1.35. The highest BCUT2D eigenvalue weighted by Gasteiger charge is 2.12. The second-order valence-corrected chi connectivity index (χ2v) is 3.94. The molecule has 1 aromatic rings. The highest BCUT2D eigenvalue weighted by atomic mass is 16.5. The number of esters is 1. The van der Waals surface area contributed by atoms with Gasteiger partial charge in [0.05, 0.1) is 12.7 Å². The summed E-state index contributed by atoms with van der Waals surface area (Å²) in [6.45, 7) is 6.73. The number of methoxy groups -OCH3 is 1. The first-order valence-corrected chi connectivity index (χ1v) is 5.71. The minimum Gasteiger partial charge on any atom is -0.465 e. The Morgan fingerprint density at radius 3 is 2.21 bits per heavy atom. The highest BCUT2D eigenvalue weighted by molar-refractivity contribution is 5.94. The largest absolute Gasteiger partial charge is 0.465 e. The summed E-state index contributed by atoms with van der Waals surface area (Å²) in [6, 6.07) is 3.48. The van der Waals surface area contributed by atoms with E-state index in [0.29, 0.717) is 5.56 Å². The molecule has 4 heteroatoms. The lowest BCUT2D eigenvalue weighted by atomic mass is 10.0. The first kappa shape index (κ1) is 16.7. The average Bonchev–Trinajstić information content (AvgIpc) is 2.33. The van der Waals surface area contributed by atoms with Crippen LogP contribution in [0.1, 0.15) is 35.3 Å². The number of benzene rings is 1. The zero-order valence-electron chi connectivity index (χ0n) is 12.0. The lowest BCUT2D eigenvalue weighted by Gasteiger charge is -2.11. The van der Waals surface area contributed by atoms with E-state index in [9.17, 15) is 9.59 Å². The third-order valence-electron chi connectivity index (χ3n) is 2.29. The quantitative estimate of drug-likeness (QED) is 0.657. The molecule has 0 fully saturated rings. The number of amides is 1. The van der Waals surface area contributed by atoms with E-state index in [1.807, 2.05) is 6.92 Å². The molecule has 0 aromatic heterocycles. The van der Waals surface area contributed by atoms with Gasteiger partial charge < -0.3 is 10.1 Å². The van der Waals surface area contributed by atoms with Crippen LogP contribution in [0.15, 0.2) is 12.1 Å². The van der Waals surface area contributed by atoms with Crippen molar-refractivity contribution >= 4 is 17.6 Å². The molecule has 0 saturated heterocycles. The van der Waals surface area contributed by atoms with Gasteiger partial charge in [0.2, 0.25) is 5.91 Å². The van der Waals surface area contributed by atoms with Gasteiger partial charge in [0.15, 0.2) is 0 Å². The molecule has 0 heterocycles. The molecule has 0 radical (unpaired) electrons. The van der Waals surface area contributed by atoms with Crippen LogP contribution in [-0.2, 0) is 9.53 Å². The van der Waals surface area contributed by atoms with Gasteiger partial charge in [-0.2, -0.15) is 0 Å². The van der Waals surface area contributed by atoms with Crippen molar-refractivity contribution in [2.24, 2.45) is 0 Å². The van der Waals surface area contributed by atoms with Crippen LogP contribution in [0.4, 0.5) is 5.69 Å². The number of nitrogens with one attached hydrogen (secondary N) is 1. The number of ether oxygens (including phenoxy) is 1. The molecular formula is C15H19NO3. The predicted molar refractivity (Wildman–Crippen MR) is 76.1 cm³/mol. The first-order chi connectivity index (χ1) is 8.87. The number of carbonyl (C=O) groups is 2. The maximum absolute atomic E-state index is 11.4. The molecule has 102 valence electrons. The topological polar surface area (TPSA) is 55.4 Å². The maximum atomic E-state index is 11.4. The lowest BCUT2D eigenvalue weighted by molar-refractivity contribution is -0.114. The van der Waals surface area contributed by atoms with E-state index >= 15 is 0 Å². The van der Waals surface area contributed by atoms with Crippen molar-refractivity contribution < 1.29 is 14.3 Å². The molecule has 0 aliphatic heterocycles. The summed E-state index contributed by atoms with van der Waals surface area (Å²) in [5, 5.41) is 2.71. The van der Waals surface area contributed by atoms with Crippen LogP contribution in [0.5, 0.6) is 0 Å². The number of anilines is 1. The van der Waals surface area contributed by atoms with E-state index in [-0.39, 0.29) is 11.9 Å². The van der Waals surface area contributed by atoms with E-state index in [4.69, 9.17) is 0 Å². The monoisotopic (exact) mass is 261 g/mol. The molecule has 0 unspecified atom stereocenters. The van der Waals surface area contributed by atoms with Gasteiger partial charge in [-0.05, 0) is 44.0 Å². The molecular weight excluding hydrogens is 242 g/mol. The van der Waals surface area contributed by atoms with Crippen molar-refractivity contribution in [3.05, 3.63) is 28.8 Å². The number of hydrogen-bond donors (Lipinski definition) is 1. The molecule has 1 N–H and O–H groups in total. The smallest absolute Gasteiger partial charge is 0.338 e. The maximum Gasteiger partial charge on any atom is 0.338 e. The van der Waals surface area contributed by atoms with Gasteiger partial charge in [-0.25, -0.2) is 4.79 Å². The van der Waals surface area contributed by atoms with Gasteiger partial charge in [0.1, 0.15) is 0 Å². The lowest BCUT2D eigenvalue weighted by Crippen LogP contribution is -2.10. The standard InChI is InChI=1S/C12H15NO3.C3H4/c1-7-6-11(13-9(3)14)8(2)5-10(7)12(15)16-4;1-3-2/h5-6H,1-4H3,(H,13,14);1H,2H3. The Morgan fingerprint density at radius 2 is 1.79 bits per heavy atom. The third-order valence-corrected chi connectivity index (χ3v) is 2.29. The molecule has 0 saturated carbocycles. The minimum absolute atomic E-state index is 0.131. The number of carbonyl (C=O) groups excluding carboxylic acids is 2. The van der Waals surface area contributed by atoms with Crippen molar-refractivity contribution in [3.63, 3.8) is 0 Å². The molecule has 19 heavy (non-hydrogen) atoms.